The molecule has 1 heterocycles. The zero-order valence-electron chi connectivity index (χ0n) is 12.6. The standard InChI is InChI=1S/C16H22O4/c1-6-12-10(2)9-20-15(12)11-7-13(17-3)16(19-5)14(8-11)18-4/h7-8,12,15H,2,6,9H2,1,3-5H3/t12-,15+/m0/s1. The Morgan fingerprint density at radius 3 is 2.20 bits per heavy atom. The molecule has 1 fully saturated rings. The van der Waals surface area contributed by atoms with E-state index >= 15 is 0 Å². The minimum atomic E-state index is 0.00112. The Morgan fingerprint density at radius 2 is 1.75 bits per heavy atom. The van der Waals surface area contributed by atoms with E-state index in [0.29, 0.717) is 29.8 Å². The Balaban J connectivity index is 2.44. The van der Waals surface area contributed by atoms with Crippen molar-refractivity contribution in [1.29, 1.82) is 0 Å². The maximum Gasteiger partial charge on any atom is 0.203 e. The average molecular weight is 278 g/mol. The fraction of sp³-hybridized carbons (Fsp3) is 0.500. The molecule has 0 saturated carbocycles. The van der Waals surface area contributed by atoms with Crippen molar-refractivity contribution in [3.8, 4) is 17.2 Å². The Kier molecular flexibility index (Phi) is 4.55. The molecule has 0 N–H and O–H groups in total. The molecule has 1 aromatic carbocycles. The van der Waals surface area contributed by atoms with E-state index in [1.807, 2.05) is 12.1 Å². The first-order valence-electron chi connectivity index (χ1n) is 6.75. The average Bonchev–Trinajstić information content (AvgIpc) is 2.86. The molecule has 1 aliphatic heterocycles. The second-order valence-electron chi connectivity index (χ2n) is 4.86. The van der Waals surface area contributed by atoms with Crippen LogP contribution in [0.15, 0.2) is 24.3 Å². The minimum Gasteiger partial charge on any atom is -0.493 e. The van der Waals surface area contributed by atoms with Crippen molar-refractivity contribution in [3.05, 3.63) is 29.8 Å². The summed E-state index contributed by atoms with van der Waals surface area (Å²) < 4.78 is 22.0. The van der Waals surface area contributed by atoms with Gasteiger partial charge in [0.15, 0.2) is 11.5 Å². The number of ether oxygens (including phenoxy) is 4. The lowest BCUT2D eigenvalue weighted by molar-refractivity contribution is 0.0896. The summed E-state index contributed by atoms with van der Waals surface area (Å²) >= 11 is 0. The molecule has 110 valence electrons. The van der Waals surface area contributed by atoms with Crippen LogP contribution in [-0.2, 0) is 4.74 Å². The van der Waals surface area contributed by atoms with Crippen LogP contribution in [0.25, 0.3) is 0 Å². The summed E-state index contributed by atoms with van der Waals surface area (Å²) in [7, 11) is 4.84. The molecule has 0 aromatic heterocycles. The van der Waals surface area contributed by atoms with E-state index in [9.17, 15) is 0 Å². The Morgan fingerprint density at radius 1 is 1.15 bits per heavy atom. The first-order valence-corrected chi connectivity index (χ1v) is 6.75. The number of hydrogen-bond acceptors (Lipinski definition) is 4. The highest BCUT2D eigenvalue weighted by molar-refractivity contribution is 5.54. The molecule has 2 rings (SSSR count). The van der Waals surface area contributed by atoms with E-state index < -0.39 is 0 Å². The molecule has 1 aliphatic rings. The van der Waals surface area contributed by atoms with Crippen molar-refractivity contribution < 1.29 is 18.9 Å². The smallest absolute Gasteiger partial charge is 0.203 e. The summed E-state index contributed by atoms with van der Waals surface area (Å²) in [5.74, 6) is 2.23. The lowest BCUT2D eigenvalue weighted by Crippen LogP contribution is -2.08. The van der Waals surface area contributed by atoms with Crippen molar-refractivity contribution in [2.45, 2.75) is 19.4 Å². The molecule has 1 aromatic rings. The highest BCUT2D eigenvalue weighted by atomic mass is 16.5. The molecular formula is C16H22O4. The molecule has 4 heteroatoms. The quantitative estimate of drug-likeness (QED) is 0.774. The number of benzene rings is 1. The monoisotopic (exact) mass is 278 g/mol. The van der Waals surface area contributed by atoms with Gasteiger partial charge in [-0.3, -0.25) is 0 Å². The first kappa shape index (κ1) is 14.7. The van der Waals surface area contributed by atoms with Gasteiger partial charge in [0.05, 0.1) is 34.0 Å². The number of methoxy groups -OCH3 is 3. The summed E-state index contributed by atoms with van der Waals surface area (Å²) in [6.07, 6.45) is 1.00. The third kappa shape index (κ3) is 2.48. The number of rotatable bonds is 5. The molecule has 0 unspecified atom stereocenters. The van der Waals surface area contributed by atoms with Crippen LogP contribution < -0.4 is 14.2 Å². The van der Waals surface area contributed by atoms with E-state index in [4.69, 9.17) is 18.9 Å². The summed E-state index contributed by atoms with van der Waals surface area (Å²) in [4.78, 5) is 0. The molecule has 0 amide bonds. The second-order valence-corrected chi connectivity index (χ2v) is 4.86. The summed E-state index contributed by atoms with van der Waals surface area (Å²) in [5.41, 5.74) is 2.18. The van der Waals surface area contributed by atoms with Crippen molar-refractivity contribution >= 4 is 0 Å². The summed E-state index contributed by atoms with van der Waals surface area (Å²) in [6.45, 7) is 6.85. The van der Waals surface area contributed by atoms with E-state index in [2.05, 4.69) is 13.5 Å². The van der Waals surface area contributed by atoms with Crippen molar-refractivity contribution in [1.82, 2.24) is 0 Å². The van der Waals surface area contributed by atoms with E-state index in [0.717, 1.165) is 17.6 Å². The van der Waals surface area contributed by atoms with Gasteiger partial charge in [-0.05, 0) is 29.7 Å². The highest BCUT2D eigenvalue weighted by Gasteiger charge is 2.32. The topological polar surface area (TPSA) is 36.9 Å². The van der Waals surface area contributed by atoms with Gasteiger partial charge < -0.3 is 18.9 Å². The van der Waals surface area contributed by atoms with Crippen LogP contribution in [0.3, 0.4) is 0 Å². The third-order valence-corrected chi connectivity index (χ3v) is 3.79. The first-order chi connectivity index (χ1) is 9.65. The van der Waals surface area contributed by atoms with Crippen LogP contribution in [0.1, 0.15) is 25.0 Å². The van der Waals surface area contributed by atoms with Gasteiger partial charge in [-0.2, -0.15) is 0 Å². The molecule has 0 spiro atoms. The van der Waals surface area contributed by atoms with Crippen molar-refractivity contribution in [2.24, 2.45) is 5.92 Å². The number of hydrogen-bond donors (Lipinski definition) is 0. The molecule has 1 saturated heterocycles. The van der Waals surface area contributed by atoms with Gasteiger partial charge in [-0.15, -0.1) is 0 Å². The molecular weight excluding hydrogens is 256 g/mol. The molecule has 0 bridgehead atoms. The predicted molar refractivity (Wildman–Crippen MR) is 77.7 cm³/mol. The third-order valence-electron chi connectivity index (χ3n) is 3.79. The van der Waals surface area contributed by atoms with Crippen LogP contribution in [0.4, 0.5) is 0 Å². The van der Waals surface area contributed by atoms with Crippen LogP contribution in [0, 0.1) is 5.92 Å². The summed E-state index contributed by atoms with van der Waals surface area (Å²) in [5, 5.41) is 0. The largest absolute Gasteiger partial charge is 0.493 e. The van der Waals surface area contributed by atoms with Crippen LogP contribution in [-0.4, -0.2) is 27.9 Å². The molecule has 2 atom stereocenters. The Hall–Kier alpha value is -1.68. The Labute approximate surface area is 120 Å². The maximum atomic E-state index is 5.88. The van der Waals surface area contributed by atoms with Crippen molar-refractivity contribution in [3.63, 3.8) is 0 Å². The van der Waals surface area contributed by atoms with Gasteiger partial charge >= 0.3 is 0 Å². The van der Waals surface area contributed by atoms with E-state index in [1.54, 1.807) is 21.3 Å². The molecule has 0 aliphatic carbocycles. The van der Waals surface area contributed by atoms with Gasteiger partial charge in [0.2, 0.25) is 5.75 Å². The van der Waals surface area contributed by atoms with Crippen LogP contribution in [0.2, 0.25) is 0 Å². The van der Waals surface area contributed by atoms with Gasteiger partial charge in [0.25, 0.3) is 0 Å². The van der Waals surface area contributed by atoms with E-state index in [1.165, 1.54) is 0 Å². The predicted octanol–water partition coefficient (Wildman–Crippen LogP) is 3.37. The van der Waals surface area contributed by atoms with Gasteiger partial charge in [0.1, 0.15) is 0 Å². The maximum absolute atomic E-state index is 5.88. The van der Waals surface area contributed by atoms with Crippen LogP contribution in [0.5, 0.6) is 17.2 Å². The Bertz CT molecular complexity index is 470. The molecule has 20 heavy (non-hydrogen) atoms. The molecule has 4 nitrogen and oxygen atoms in total. The van der Waals surface area contributed by atoms with Gasteiger partial charge in [0, 0.05) is 5.92 Å². The van der Waals surface area contributed by atoms with Gasteiger partial charge in [-0.1, -0.05) is 13.5 Å². The van der Waals surface area contributed by atoms with E-state index in [-0.39, 0.29) is 6.10 Å². The zero-order chi connectivity index (χ0) is 14.7. The van der Waals surface area contributed by atoms with Gasteiger partial charge in [-0.25, -0.2) is 0 Å². The minimum absolute atomic E-state index is 0.00112. The van der Waals surface area contributed by atoms with Crippen LogP contribution >= 0.6 is 0 Å². The lowest BCUT2D eigenvalue weighted by atomic mass is 9.90. The molecule has 0 radical (unpaired) electrons. The highest BCUT2D eigenvalue weighted by Crippen LogP contribution is 2.45. The fourth-order valence-corrected chi connectivity index (χ4v) is 2.73. The SMILES string of the molecule is C=C1CO[C@H](c2cc(OC)c(OC)c(OC)c2)[C@H]1CC. The zero-order valence-corrected chi connectivity index (χ0v) is 12.6. The summed E-state index contributed by atoms with van der Waals surface area (Å²) in [6, 6.07) is 3.90. The van der Waals surface area contributed by atoms with Crippen molar-refractivity contribution in [2.75, 3.05) is 27.9 Å². The normalized spacial score (nSPS) is 21.9. The lowest BCUT2D eigenvalue weighted by Gasteiger charge is -2.20. The fourth-order valence-electron chi connectivity index (χ4n) is 2.73. The second kappa shape index (κ2) is 6.18.